The summed E-state index contributed by atoms with van der Waals surface area (Å²) >= 11 is 3.49. The maximum absolute atomic E-state index is 4.23. The lowest BCUT2D eigenvalue weighted by molar-refractivity contribution is 1.06. The summed E-state index contributed by atoms with van der Waals surface area (Å²) in [5.74, 6) is 0.847. The number of para-hydroxylation sites is 1. The van der Waals surface area contributed by atoms with Crippen LogP contribution >= 0.6 is 15.9 Å². The molecular formula is C12H12BrN3. The predicted molar refractivity (Wildman–Crippen MR) is 68.9 cm³/mol. The number of nitrogens with zero attached hydrogens (tertiary/aromatic N) is 2. The zero-order chi connectivity index (χ0) is 11.5. The lowest BCUT2D eigenvalue weighted by Gasteiger charge is -2.10. The second-order valence-corrected chi connectivity index (χ2v) is 4.39. The molecule has 0 spiro atoms. The van der Waals surface area contributed by atoms with E-state index in [4.69, 9.17) is 0 Å². The van der Waals surface area contributed by atoms with E-state index in [-0.39, 0.29) is 0 Å². The maximum atomic E-state index is 4.23. The van der Waals surface area contributed by atoms with Crippen LogP contribution in [0.4, 0.5) is 11.5 Å². The summed E-state index contributed by atoms with van der Waals surface area (Å²) in [4.78, 5) is 8.37. The molecular weight excluding hydrogens is 266 g/mol. The molecule has 0 unspecified atom stereocenters. The third-order valence-electron chi connectivity index (χ3n) is 2.46. The van der Waals surface area contributed by atoms with Crippen molar-refractivity contribution in [2.75, 3.05) is 5.32 Å². The molecule has 1 aromatic heterocycles. The van der Waals surface area contributed by atoms with Gasteiger partial charge in [-0.15, -0.1) is 0 Å². The van der Waals surface area contributed by atoms with Gasteiger partial charge in [0.1, 0.15) is 12.1 Å². The zero-order valence-electron chi connectivity index (χ0n) is 9.16. The van der Waals surface area contributed by atoms with E-state index in [9.17, 15) is 0 Å². The van der Waals surface area contributed by atoms with E-state index in [1.54, 1.807) is 6.33 Å². The van der Waals surface area contributed by atoms with Gasteiger partial charge in [0.25, 0.3) is 0 Å². The normalized spacial score (nSPS) is 10.2. The Balaban J connectivity index is 2.35. The number of benzene rings is 1. The van der Waals surface area contributed by atoms with Crippen LogP contribution in [0.2, 0.25) is 0 Å². The van der Waals surface area contributed by atoms with Crippen LogP contribution in [0.5, 0.6) is 0 Å². The summed E-state index contributed by atoms with van der Waals surface area (Å²) in [6.45, 7) is 3.98. The van der Waals surface area contributed by atoms with Gasteiger partial charge in [0.15, 0.2) is 0 Å². The van der Waals surface area contributed by atoms with Gasteiger partial charge in [-0.05, 0) is 41.9 Å². The van der Waals surface area contributed by atoms with Gasteiger partial charge in [-0.25, -0.2) is 9.97 Å². The third kappa shape index (κ3) is 2.22. The number of anilines is 2. The molecule has 0 saturated heterocycles. The summed E-state index contributed by atoms with van der Waals surface area (Å²) in [6, 6.07) is 7.95. The number of hydrogen-bond acceptors (Lipinski definition) is 3. The average Bonchev–Trinajstić information content (AvgIpc) is 2.28. The van der Waals surface area contributed by atoms with E-state index < -0.39 is 0 Å². The average molecular weight is 278 g/mol. The van der Waals surface area contributed by atoms with Crippen LogP contribution in [0, 0.1) is 13.8 Å². The van der Waals surface area contributed by atoms with E-state index in [0.717, 1.165) is 27.2 Å². The van der Waals surface area contributed by atoms with Crippen molar-refractivity contribution in [3.63, 3.8) is 0 Å². The van der Waals surface area contributed by atoms with Crippen molar-refractivity contribution in [3.05, 3.63) is 46.3 Å². The molecule has 0 saturated carbocycles. The molecule has 82 valence electrons. The lowest BCUT2D eigenvalue weighted by atomic mass is 10.2. The second-order valence-electron chi connectivity index (χ2n) is 3.54. The highest BCUT2D eigenvalue weighted by molar-refractivity contribution is 9.10. The Hall–Kier alpha value is -1.42. The Bertz CT molecular complexity index is 511. The first-order valence-corrected chi connectivity index (χ1v) is 5.77. The van der Waals surface area contributed by atoms with Crippen molar-refractivity contribution in [2.24, 2.45) is 0 Å². The van der Waals surface area contributed by atoms with Crippen LogP contribution in [-0.4, -0.2) is 9.97 Å². The Labute approximate surface area is 103 Å². The predicted octanol–water partition coefficient (Wildman–Crippen LogP) is 3.60. The Morgan fingerprint density at radius 2 is 1.88 bits per heavy atom. The van der Waals surface area contributed by atoms with Gasteiger partial charge in [-0.1, -0.05) is 12.1 Å². The molecule has 1 N–H and O–H groups in total. The minimum Gasteiger partial charge on any atom is -0.339 e. The minimum absolute atomic E-state index is 0.847. The van der Waals surface area contributed by atoms with E-state index in [1.165, 1.54) is 0 Å². The lowest BCUT2D eigenvalue weighted by Crippen LogP contribution is -2.00. The van der Waals surface area contributed by atoms with Crippen molar-refractivity contribution in [2.45, 2.75) is 13.8 Å². The summed E-state index contributed by atoms with van der Waals surface area (Å²) < 4.78 is 1.02. The largest absolute Gasteiger partial charge is 0.339 e. The quantitative estimate of drug-likeness (QED) is 0.912. The fourth-order valence-corrected chi connectivity index (χ4v) is 1.74. The monoisotopic (exact) mass is 277 g/mol. The molecule has 1 aromatic carbocycles. The van der Waals surface area contributed by atoms with Crippen LogP contribution in [0.15, 0.2) is 35.1 Å². The molecule has 0 radical (unpaired) electrons. The van der Waals surface area contributed by atoms with E-state index in [1.807, 2.05) is 38.1 Å². The van der Waals surface area contributed by atoms with Crippen molar-refractivity contribution in [1.82, 2.24) is 9.97 Å². The van der Waals surface area contributed by atoms with Gasteiger partial charge in [0.05, 0.1) is 5.69 Å². The molecule has 0 aliphatic heterocycles. The van der Waals surface area contributed by atoms with Crippen molar-refractivity contribution in [3.8, 4) is 0 Å². The number of rotatable bonds is 2. The molecule has 4 heteroatoms. The first-order chi connectivity index (χ1) is 7.68. The van der Waals surface area contributed by atoms with E-state index in [2.05, 4.69) is 31.2 Å². The van der Waals surface area contributed by atoms with Crippen LogP contribution in [0.1, 0.15) is 11.3 Å². The van der Waals surface area contributed by atoms with Gasteiger partial charge in [-0.2, -0.15) is 0 Å². The van der Waals surface area contributed by atoms with Gasteiger partial charge in [0.2, 0.25) is 0 Å². The topological polar surface area (TPSA) is 37.8 Å². The molecule has 0 bridgehead atoms. The number of nitrogens with one attached hydrogen (secondary N) is 1. The van der Waals surface area contributed by atoms with Crippen molar-refractivity contribution >= 4 is 27.4 Å². The number of aryl methyl sites for hydroxylation is 1. The highest BCUT2D eigenvalue weighted by Crippen LogP contribution is 2.25. The molecule has 0 atom stereocenters. The van der Waals surface area contributed by atoms with Crippen LogP contribution in [-0.2, 0) is 0 Å². The molecule has 16 heavy (non-hydrogen) atoms. The number of halogens is 1. The summed E-state index contributed by atoms with van der Waals surface area (Å²) in [5, 5.41) is 3.28. The van der Waals surface area contributed by atoms with E-state index >= 15 is 0 Å². The summed E-state index contributed by atoms with van der Waals surface area (Å²) in [5.41, 5.74) is 3.06. The van der Waals surface area contributed by atoms with Gasteiger partial charge >= 0.3 is 0 Å². The number of aromatic nitrogens is 2. The van der Waals surface area contributed by atoms with Crippen LogP contribution < -0.4 is 5.32 Å². The molecule has 0 aliphatic carbocycles. The molecule has 2 aromatic rings. The smallest absolute Gasteiger partial charge is 0.136 e. The highest BCUT2D eigenvalue weighted by atomic mass is 79.9. The molecule has 0 amide bonds. The summed E-state index contributed by atoms with van der Waals surface area (Å²) in [6.07, 6.45) is 1.57. The van der Waals surface area contributed by atoms with Crippen molar-refractivity contribution in [1.29, 1.82) is 0 Å². The number of hydrogen-bond donors (Lipinski definition) is 1. The minimum atomic E-state index is 0.847. The Morgan fingerprint density at radius 3 is 2.62 bits per heavy atom. The maximum Gasteiger partial charge on any atom is 0.136 e. The van der Waals surface area contributed by atoms with E-state index in [0.29, 0.717) is 0 Å². The molecule has 1 heterocycles. The first kappa shape index (κ1) is 11.1. The molecule has 3 nitrogen and oxygen atoms in total. The highest BCUT2D eigenvalue weighted by Gasteiger charge is 2.05. The van der Waals surface area contributed by atoms with Crippen LogP contribution in [0.25, 0.3) is 0 Å². The molecule has 2 rings (SSSR count). The summed E-state index contributed by atoms with van der Waals surface area (Å²) in [7, 11) is 0. The van der Waals surface area contributed by atoms with Crippen molar-refractivity contribution < 1.29 is 0 Å². The van der Waals surface area contributed by atoms with Gasteiger partial charge in [-0.3, -0.25) is 0 Å². The molecule has 0 fully saturated rings. The third-order valence-corrected chi connectivity index (χ3v) is 3.15. The standard InChI is InChI=1S/C12H12BrN3/c1-8-9(2)14-7-15-12(8)16-11-6-4-3-5-10(11)13/h3-7H,1-2H3,(H,14,15,16). The second kappa shape index (κ2) is 4.61. The first-order valence-electron chi connectivity index (χ1n) is 4.98. The SMILES string of the molecule is Cc1ncnc(Nc2ccccc2Br)c1C. The fraction of sp³-hybridized carbons (Fsp3) is 0.167. The fourth-order valence-electron chi connectivity index (χ4n) is 1.35. The zero-order valence-corrected chi connectivity index (χ0v) is 10.7. The van der Waals surface area contributed by atoms with Crippen LogP contribution in [0.3, 0.4) is 0 Å². The Morgan fingerprint density at radius 1 is 1.12 bits per heavy atom. The van der Waals surface area contributed by atoms with Gasteiger partial charge in [0, 0.05) is 15.7 Å². The molecule has 0 aliphatic rings. The Kier molecular flexibility index (Phi) is 3.19. The van der Waals surface area contributed by atoms with Gasteiger partial charge < -0.3 is 5.32 Å².